The summed E-state index contributed by atoms with van der Waals surface area (Å²) in [6.45, 7) is 0.449. The van der Waals surface area contributed by atoms with Crippen molar-refractivity contribution in [3.8, 4) is 5.75 Å². The average molecular weight is 376 g/mol. The van der Waals surface area contributed by atoms with Gasteiger partial charge in [-0.25, -0.2) is 4.79 Å². The quantitative estimate of drug-likeness (QED) is 0.341. The topological polar surface area (TPSA) is 87.9 Å². The molecule has 8 heteroatoms. The first-order valence-corrected chi connectivity index (χ1v) is 8.02. The number of para-hydroxylation sites is 1. The van der Waals surface area contributed by atoms with Crippen LogP contribution in [0.2, 0.25) is 5.02 Å². The molecule has 2 aromatic rings. The van der Waals surface area contributed by atoms with Crippen LogP contribution in [0.15, 0.2) is 42.5 Å². The maximum absolute atomic E-state index is 11.9. The molecule has 1 aliphatic rings. The first-order chi connectivity index (χ1) is 12.5. The summed E-state index contributed by atoms with van der Waals surface area (Å²) in [5.74, 6) is -0.0416. The zero-order valence-electron chi connectivity index (χ0n) is 13.5. The highest BCUT2D eigenvalue weighted by Crippen LogP contribution is 2.32. The van der Waals surface area contributed by atoms with E-state index >= 15 is 0 Å². The minimum atomic E-state index is -0.635. The molecule has 3 rings (SSSR count). The van der Waals surface area contributed by atoms with E-state index in [-0.39, 0.29) is 19.1 Å². The summed E-state index contributed by atoms with van der Waals surface area (Å²) in [6, 6.07) is 9.50. The van der Waals surface area contributed by atoms with Crippen LogP contribution >= 0.6 is 11.6 Å². The normalized spacial score (nSPS) is 13.1. The third-order valence-electron chi connectivity index (χ3n) is 3.65. The molecular formula is C18H14ClNO6. The molecule has 0 unspecified atom stereocenters. The second-order valence-electron chi connectivity index (χ2n) is 5.42. The number of rotatable bonds is 5. The van der Waals surface area contributed by atoms with Gasteiger partial charge in [0.15, 0.2) is 6.79 Å². The van der Waals surface area contributed by atoms with Crippen molar-refractivity contribution in [1.82, 2.24) is 0 Å². The minimum Gasteiger partial charge on any atom is -0.467 e. The zero-order valence-corrected chi connectivity index (χ0v) is 14.3. The number of ether oxygens (including phenoxy) is 3. The van der Waals surface area contributed by atoms with E-state index in [1.54, 1.807) is 30.3 Å². The Hall–Kier alpha value is -2.90. The van der Waals surface area contributed by atoms with E-state index in [0.29, 0.717) is 28.5 Å². The third-order valence-corrected chi connectivity index (χ3v) is 3.87. The molecule has 1 heterocycles. The molecule has 1 aliphatic heterocycles. The number of fused-ring (bicyclic) bond motifs is 1. The van der Waals surface area contributed by atoms with E-state index < -0.39 is 10.9 Å². The Bertz CT molecular complexity index is 880. The number of hydrogen-bond donors (Lipinski definition) is 0. The molecule has 134 valence electrons. The van der Waals surface area contributed by atoms with Crippen LogP contribution < -0.4 is 4.74 Å². The van der Waals surface area contributed by atoms with Crippen molar-refractivity contribution in [2.24, 2.45) is 0 Å². The number of nitro groups is 1. The van der Waals surface area contributed by atoms with E-state index in [1.165, 1.54) is 12.1 Å². The highest BCUT2D eigenvalue weighted by molar-refractivity contribution is 6.30. The molecule has 0 N–H and O–H groups in total. The number of carbonyl (C=O) groups excluding carboxylic acids is 1. The lowest BCUT2D eigenvalue weighted by Gasteiger charge is -2.20. The largest absolute Gasteiger partial charge is 0.467 e. The van der Waals surface area contributed by atoms with Gasteiger partial charge in [-0.3, -0.25) is 10.1 Å². The molecule has 0 saturated heterocycles. The van der Waals surface area contributed by atoms with Gasteiger partial charge in [-0.2, -0.15) is 0 Å². The minimum absolute atomic E-state index is 0.0387. The SMILES string of the molecule is O=C(/C=C/c1ccccc1[N+](=O)[O-])OCc1cc(Cl)cc2c1OCOC2. The third kappa shape index (κ3) is 4.19. The average Bonchev–Trinajstić information content (AvgIpc) is 2.64. The number of halogens is 1. The van der Waals surface area contributed by atoms with E-state index in [4.69, 9.17) is 25.8 Å². The maximum Gasteiger partial charge on any atom is 0.331 e. The number of benzene rings is 2. The lowest BCUT2D eigenvalue weighted by atomic mass is 10.1. The Balaban J connectivity index is 1.69. The smallest absolute Gasteiger partial charge is 0.331 e. The summed E-state index contributed by atoms with van der Waals surface area (Å²) in [7, 11) is 0. The molecule has 0 amide bonds. The van der Waals surface area contributed by atoms with Gasteiger partial charge >= 0.3 is 5.97 Å². The second-order valence-corrected chi connectivity index (χ2v) is 5.86. The molecule has 0 saturated carbocycles. The van der Waals surface area contributed by atoms with Gasteiger partial charge in [0.2, 0.25) is 0 Å². The number of nitrogens with zero attached hydrogens (tertiary/aromatic N) is 1. The van der Waals surface area contributed by atoms with Crippen LogP contribution in [0.4, 0.5) is 5.69 Å². The number of esters is 1. The van der Waals surface area contributed by atoms with Gasteiger partial charge in [-0.05, 0) is 24.3 Å². The molecule has 0 aromatic heterocycles. The monoisotopic (exact) mass is 375 g/mol. The molecule has 26 heavy (non-hydrogen) atoms. The number of hydrogen-bond acceptors (Lipinski definition) is 6. The molecule has 2 aromatic carbocycles. The Labute approximate surface area is 153 Å². The molecule has 0 spiro atoms. The standard InChI is InChI=1S/C18H14ClNO6/c19-15-7-13-9-24-11-26-18(13)14(8-15)10-25-17(21)6-5-12-3-1-2-4-16(12)20(22)23/h1-8H,9-11H2/b6-5+. The molecule has 0 bridgehead atoms. The van der Waals surface area contributed by atoms with Gasteiger partial charge in [0, 0.05) is 28.3 Å². The van der Waals surface area contributed by atoms with E-state index in [1.807, 2.05) is 0 Å². The predicted molar refractivity (Wildman–Crippen MR) is 93.7 cm³/mol. The van der Waals surface area contributed by atoms with Crippen molar-refractivity contribution in [2.45, 2.75) is 13.2 Å². The maximum atomic E-state index is 11.9. The summed E-state index contributed by atoms with van der Waals surface area (Å²) in [5.41, 5.74) is 1.64. The van der Waals surface area contributed by atoms with Crippen LogP contribution in [-0.4, -0.2) is 17.7 Å². The van der Waals surface area contributed by atoms with E-state index in [0.717, 1.165) is 11.6 Å². The van der Waals surface area contributed by atoms with Gasteiger partial charge < -0.3 is 14.2 Å². The lowest BCUT2D eigenvalue weighted by molar-refractivity contribution is -0.385. The highest BCUT2D eigenvalue weighted by atomic mass is 35.5. The van der Waals surface area contributed by atoms with Crippen LogP contribution in [0.5, 0.6) is 5.75 Å². The fraction of sp³-hybridized carbons (Fsp3) is 0.167. The summed E-state index contributed by atoms with van der Waals surface area (Å²) < 4.78 is 15.8. The van der Waals surface area contributed by atoms with E-state index in [2.05, 4.69) is 0 Å². The molecule has 0 radical (unpaired) electrons. The van der Waals surface area contributed by atoms with Crippen molar-refractivity contribution < 1.29 is 23.9 Å². The highest BCUT2D eigenvalue weighted by Gasteiger charge is 2.17. The molecule has 7 nitrogen and oxygen atoms in total. The predicted octanol–water partition coefficient (Wildman–Crippen LogP) is 3.87. The Morgan fingerprint density at radius 1 is 1.35 bits per heavy atom. The van der Waals surface area contributed by atoms with Crippen molar-refractivity contribution >= 4 is 29.3 Å². The van der Waals surface area contributed by atoms with Gasteiger partial charge in [-0.1, -0.05) is 23.7 Å². The van der Waals surface area contributed by atoms with Gasteiger partial charge in [0.05, 0.1) is 17.1 Å². The Kier molecular flexibility index (Phi) is 5.50. The van der Waals surface area contributed by atoms with E-state index in [9.17, 15) is 14.9 Å². The van der Waals surface area contributed by atoms with Crippen molar-refractivity contribution in [3.63, 3.8) is 0 Å². The number of carbonyl (C=O) groups is 1. The summed E-state index contributed by atoms with van der Waals surface area (Å²) in [6.07, 6.45) is 2.49. The summed E-state index contributed by atoms with van der Waals surface area (Å²) >= 11 is 6.06. The van der Waals surface area contributed by atoms with Crippen molar-refractivity contribution in [2.75, 3.05) is 6.79 Å². The summed E-state index contributed by atoms with van der Waals surface area (Å²) in [5, 5.41) is 11.4. The Morgan fingerprint density at radius 3 is 2.96 bits per heavy atom. The number of nitro benzene ring substituents is 1. The van der Waals surface area contributed by atoms with Crippen LogP contribution in [0.1, 0.15) is 16.7 Å². The van der Waals surface area contributed by atoms with Crippen LogP contribution in [0.3, 0.4) is 0 Å². The lowest BCUT2D eigenvalue weighted by Crippen LogP contribution is -2.14. The van der Waals surface area contributed by atoms with Crippen LogP contribution in [0, 0.1) is 10.1 Å². The van der Waals surface area contributed by atoms with Crippen molar-refractivity contribution in [3.05, 3.63) is 74.3 Å². The zero-order chi connectivity index (χ0) is 18.5. The Morgan fingerprint density at radius 2 is 2.15 bits per heavy atom. The first-order valence-electron chi connectivity index (χ1n) is 7.64. The molecule has 0 aliphatic carbocycles. The van der Waals surface area contributed by atoms with Crippen LogP contribution in [0.25, 0.3) is 6.08 Å². The van der Waals surface area contributed by atoms with Gasteiger partial charge in [0.25, 0.3) is 5.69 Å². The first kappa shape index (κ1) is 17.9. The van der Waals surface area contributed by atoms with Crippen LogP contribution in [-0.2, 0) is 27.5 Å². The van der Waals surface area contributed by atoms with Gasteiger partial charge in [-0.15, -0.1) is 0 Å². The summed E-state index contributed by atoms with van der Waals surface area (Å²) in [4.78, 5) is 22.4. The molecule has 0 fully saturated rings. The van der Waals surface area contributed by atoms with Gasteiger partial charge in [0.1, 0.15) is 12.4 Å². The second kappa shape index (κ2) is 7.99. The fourth-order valence-electron chi connectivity index (χ4n) is 2.51. The molecule has 0 atom stereocenters. The molecular weight excluding hydrogens is 362 g/mol. The fourth-order valence-corrected chi connectivity index (χ4v) is 2.78. The van der Waals surface area contributed by atoms with Crippen molar-refractivity contribution in [1.29, 1.82) is 0 Å².